The van der Waals surface area contributed by atoms with Crippen molar-refractivity contribution in [2.45, 2.75) is 32.2 Å². The second-order valence-corrected chi connectivity index (χ2v) is 5.50. The molecule has 0 radical (unpaired) electrons. The molecule has 18 heavy (non-hydrogen) atoms. The summed E-state index contributed by atoms with van der Waals surface area (Å²) in [6.07, 6.45) is 4.71. The highest BCUT2D eigenvalue weighted by molar-refractivity contribution is 7.71. The zero-order chi connectivity index (χ0) is 12.1. The van der Waals surface area contributed by atoms with Crippen molar-refractivity contribution in [3.05, 3.63) is 45.7 Å². The van der Waals surface area contributed by atoms with Gasteiger partial charge >= 0.3 is 0 Å². The summed E-state index contributed by atoms with van der Waals surface area (Å²) in [7, 11) is 0. The van der Waals surface area contributed by atoms with E-state index < -0.39 is 0 Å². The largest absolute Gasteiger partial charge is 0.312 e. The first-order chi connectivity index (χ1) is 8.84. The van der Waals surface area contributed by atoms with Crippen LogP contribution in [0, 0.1) is 4.64 Å². The van der Waals surface area contributed by atoms with Crippen LogP contribution in [0.4, 0.5) is 0 Å². The Balaban J connectivity index is 2.02. The monoisotopic (exact) mass is 254 g/mol. The molecule has 2 aromatic rings. The second kappa shape index (κ2) is 3.75. The molecule has 0 atom stereocenters. The van der Waals surface area contributed by atoms with E-state index in [0.29, 0.717) is 0 Å². The maximum atomic E-state index is 5.68. The van der Waals surface area contributed by atoms with Crippen LogP contribution in [0.25, 0.3) is 11.4 Å². The minimum absolute atomic E-state index is 0.893. The van der Waals surface area contributed by atoms with E-state index in [0.717, 1.165) is 29.9 Å². The molecule has 90 valence electrons. The van der Waals surface area contributed by atoms with Crippen LogP contribution in [-0.2, 0) is 19.4 Å². The number of hydrogen-bond acceptors (Lipinski definition) is 2. The van der Waals surface area contributed by atoms with Crippen LogP contribution in [0.5, 0.6) is 0 Å². The Bertz CT molecular complexity index is 700. The summed E-state index contributed by atoms with van der Waals surface area (Å²) in [5.74, 6) is 1.08. The van der Waals surface area contributed by atoms with E-state index >= 15 is 0 Å². The maximum Gasteiger partial charge on any atom is 0.141 e. The minimum atomic E-state index is 0.893. The zero-order valence-corrected chi connectivity index (χ0v) is 11.0. The van der Waals surface area contributed by atoms with Gasteiger partial charge in [0.15, 0.2) is 0 Å². The molecule has 0 fully saturated rings. The average Bonchev–Trinajstić information content (AvgIpc) is 2.79. The van der Waals surface area contributed by atoms with Gasteiger partial charge in [0.25, 0.3) is 0 Å². The average molecular weight is 254 g/mol. The molecule has 1 aliphatic carbocycles. The van der Waals surface area contributed by atoms with Crippen LogP contribution in [0.1, 0.15) is 29.7 Å². The Kier molecular flexibility index (Phi) is 2.18. The first kappa shape index (κ1) is 10.4. The summed E-state index contributed by atoms with van der Waals surface area (Å²) in [5.41, 5.74) is 5.18. The molecule has 0 bridgehead atoms. The standard InChI is InChI=1S/C15H14N2S/c18-15-12-7-3-4-8-13(12)16-14-11-6-2-1-5-10(11)9-17(14)15/h1-2,5-6H,3-4,7-9H2. The third-order valence-corrected chi connectivity index (χ3v) is 4.49. The molecule has 0 saturated carbocycles. The topological polar surface area (TPSA) is 17.8 Å². The lowest BCUT2D eigenvalue weighted by atomic mass is 9.97. The highest BCUT2D eigenvalue weighted by Crippen LogP contribution is 2.33. The first-order valence-corrected chi connectivity index (χ1v) is 6.96. The summed E-state index contributed by atoms with van der Waals surface area (Å²) >= 11 is 5.68. The lowest BCUT2D eigenvalue weighted by Gasteiger charge is -2.17. The number of benzene rings is 1. The number of nitrogens with zero attached hydrogens (tertiary/aromatic N) is 2. The molecule has 3 heteroatoms. The second-order valence-electron chi connectivity index (χ2n) is 5.12. The van der Waals surface area contributed by atoms with Crippen molar-refractivity contribution in [3.8, 4) is 11.4 Å². The number of rotatable bonds is 0. The molecule has 2 nitrogen and oxygen atoms in total. The molecule has 0 N–H and O–H groups in total. The first-order valence-electron chi connectivity index (χ1n) is 6.55. The van der Waals surface area contributed by atoms with Crippen molar-refractivity contribution in [2.75, 3.05) is 0 Å². The van der Waals surface area contributed by atoms with Crippen molar-refractivity contribution in [2.24, 2.45) is 0 Å². The third-order valence-electron chi connectivity index (χ3n) is 4.03. The van der Waals surface area contributed by atoms with Gasteiger partial charge in [0.05, 0.1) is 6.54 Å². The molecule has 1 aromatic carbocycles. The van der Waals surface area contributed by atoms with Crippen LogP contribution in [0.3, 0.4) is 0 Å². The highest BCUT2D eigenvalue weighted by Gasteiger charge is 2.23. The van der Waals surface area contributed by atoms with E-state index in [2.05, 4.69) is 28.8 Å². The van der Waals surface area contributed by atoms with E-state index in [1.807, 2.05) is 0 Å². The lowest BCUT2D eigenvalue weighted by molar-refractivity contribution is 0.643. The fourth-order valence-electron chi connectivity index (χ4n) is 3.09. The van der Waals surface area contributed by atoms with Gasteiger partial charge in [-0.25, -0.2) is 4.98 Å². The van der Waals surface area contributed by atoms with Crippen LogP contribution >= 0.6 is 12.2 Å². The predicted octanol–water partition coefficient (Wildman–Crippen LogP) is 3.52. The number of fused-ring (bicyclic) bond motifs is 4. The minimum Gasteiger partial charge on any atom is -0.312 e. The van der Waals surface area contributed by atoms with Gasteiger partial charge in [-0.3, -0.25) is 0 Å². The highest BCUT2D eigenvalue weighted by atomic mass is 32.1. The van der Waals surface area contributed by atoms with Crippen LogP contribution in [0.2, 0.25) is 0 Å². The van der Waals surface area contributed by atoms with Crippen molar-refractivity contribution in [1.29, 1.82) is 0 Å². The molecular weight excluding hydrogens is 240 g/mol. The van der Waals surface area contributed by atoms with E-state index in [9.17, 15) is 0 Å². The summed E-state index contributed by atoms with van der Waals surface area (Å²) in [6.45, 7) is 0.893. The van der Waals surface area contributed by atoms with Crippen molar-refractivity contribution in [3.63, 3.8) is 0 Å². The molecule has 0 spiro atoms. The number of aryl methyl sites for hydroxylation is 1. The van der Waals surface area contributed by atoms with E-state index in [-0.39, 0.29) is 0 Å². The Morgan fingerprint density at radius 3 is 2.89 bits per heavy atom. The normalized spacial score (nSPS) is 16.0. The molecule has 2 heterocycles. The van der Waals surface area contributed by atoms with Gasteiger partial charge in [-0.2, -0.15) is 0 Å². The smallest absolute Gasteiger partial charge is 0.141 e. The van der Waals surface area contributed by atoms with Gasteiger partial charge in [-0.15, -0.1) is 0 Å². The lowest BCUT2D eigenvalue weighted by Crippen LogP contribution is -2.12. The molecular formula is C15H14N2S. The molecule has 2 aliphatic rings. The van der Waals surface area contributed by atoms with E-state index in [1.165, 1.54) is 35.2 Å². The predicted molar refractivity (Wildman–Crippen MR) is 74.2 cm³/mol. The Morgan fingerprint density at radius 2 is 1.94 bits per heavy atom. The van der Waals surface area contributed by atoms with Gasteiger partial charge in [0.2, 0.25) is 0 Å². The Hall–Kier alpha value is -1.48. The molecule has 0 unspecified atom stereocenters. The molecule has 0 saturated heterocycles. The number of hydrogen-bond donors (Lipinski definition) is 0. The maximum absolute atomic E-state index is 5.68. The summed E-state index contributed by atoms with van der Waals surface area (Å²) in [6, 6.07) is 8.51. The quantitative estimate of drug-likeness (QED) is 0.571. The molecule has 1 aliphatic heterocycles. The molecule has 4 rings (SSSR count). The number of aromatic nitrogens is 2. The summed E-state index contributed by atoms with van der Waals surface area (Å²) in [5, 5.41) is 0. The van der Waals surface area contributed by atoms with Crippen molar-refractivity contribution in [1.82, 2.24) is 9.55 Å². The fraction of sp³-hybridized carbons (Fsp3) is 0.333. The van der Waals surface area contributed by atoms with Gasteiger partial charge in [0.1, 0.15) is 10.5 Å². The molecule has 1 aromatic heterocycles. The van der Waals surface area contributed by atoms with E-state index in [4.69, 9.17) is 17.2 Å². The van der Waals surface area contributed by atoms with Gasteiger partial charge in [-0.1, -0.05) is 36.5 Å². The van der Waals surface area contributed by atoms with Crippen molar-refractivity contribution >= 4 is 12.2 Å². The van der Waals surface area contributed by atoms with Gasteiger partial charge in [0, 0.05) is 16.8 Å². The SMILES string of the molecule is S=c1c2c(nc3n1Cc1ccccc1-3)CCCC2. The summed E-state index contributed by atoms with van der Waals surface area (Å²) in [4.78, 5) is 4.89. The summed E-state index contributed by atoms with van der Waals surface area (Å²) < 4.78 is 3.23. The van der Waals surface area contributed by atoms with Crippen LogP contribution in [0.15, 0.2) is 24.3 Å². The van der Waals surface area contributed by atoms with Crippen molar-refractivity contribution < 1.29 is 0 Å². The Morgan fingerprint density at radius 1 is 1.11 bits per heavy atom. The van der Waals surface area contributed by atoms with Crippen LogP contribution < -0.4 is 0 Å². The molecule has 0 amide bonds. The third kappa shape index (κ3) is 1.34. The van der Waals surface area contributed by atoms with Crippen LogP contribution in [-0.4, -0.2) is 9.55 Å². The van der Waals surface area contributed by atoms with E-state index in [1.54, 1.807) is 0 Å². The van der Waals surface area contributed by atoms with Gasteiger partial charge in [-0.05, 0) is 31.2 Å². The van der Waals surface area contributed by atoms with Gasteiger partial charge < -0.3 is 4.57 Å². The zero-order valence-electron chi connectivity index (χ0n) is 10.1. The Labute approximate surface area is 111 Å². The fourth-order valence-corrected chi connectivity index (χ4v) is 3.46.